The normalized spacial score (nSPS) is 11.3. The van der Waals surface area contributed by atoms with Gasteiger partial charge in [0, 0.05) is 37.6 Å². The molecule has 0 heterocycles. The molecule has 4 aromatic carbocycles. The zero-order chi connectivity index (χ0) is 40.6. The molecule has 0 saturated heterocycles. The Kier molecular flexibility index (Phi) is 21.4. The Morgan fingerprint density at radius 1 is 0.643 bits per heavy atom. The van der Waals surface area contributed by atoms with Gasteiger partial charge in [0.05, 0.1) is 31.9 Å². The molecule has 0 aliphatic heterocycles. The fraction of sp³-hybridized carbons (Fsp3) is 0.200. The van der Waals surface area contributed by atoms with E-state index < -0.39 is 48.0 Å². The molecule has 4 rings (SSSR count). The molecule has 0 aliphatic rings. The van der Waals surface area contributed by atoms with Gasteiger partial charge in [0.25, 0.3) is 5.91 Å². The number of nitrogens with two attached hydrogens (primary N) is 1. The van der Waals surface area contributed by atoms with E-state index in [1.165, 1.54) is 21.1 Å². The number of halogens is 1. The third-order valence-corrected chi connectivity index (χ3v) is 7.21. The lowest BCUT2D eigenvalue weighted by molar-refractivity contribution is -0.143. The molecule has 0 aromatic heterocycles. The molecule has 4 N–H and O–H groups in total. The summed E-state index contributed by atoms with van der Waals surface area (Å²) >= 11 is 0. The van der Waals surface area contributed by atoms with Crippen LogP contribution in [-0.2, 0) is 19.1 Å². The monoisotopic (exact) mass is 778 g/mol. The van der Waals surface area contributed by atoms with Crippen molar-refractivity contribution in [2.24, 2.45) is 16.0 Å². The van der Waals surface area contributed by atoms with E-state index in [-0.39, 0.29) is 18.0 Å². The average molecular weight is 779 g/mol. The molecule has 4 atom stereocenters. The lowest BCUT2D eigenvalue weighted by Crippen LogP contribution is -2.47. The van der Waals surface area contributed by atoms with Crippen LogP contribution < -0.4 is 11.1 Å². The van der Waals surface area contributed by atoms with Crippen LogP contribution in [0.3, 0.4) is 0 Å². The van der Waals surface area contributed by atoms with Crippen LogP contribution in [0.2, 0.25) is 0 Å². The van der Waals surface area contributed by atoms with Crippen molar-refractivity contribution in [1.82, 2.24) is 5.32 Å². The Hall–Kier alpha value is -7.25. The van der Waals surface area contributed by atoms with Gasteiger partial charge in [-0.2, -0.15) is 0 Å². The summed E-state index contributed by atoms with van der Waals surface area (Å²) in [4.78, 5) is 50.7. The van der Waals surface area contributed by atoms with Gasteiger partial charge in [0.15, 0.2) is 0 Å². The number of hydrogen-bond donors (Lipinski definition) is 3. The lowest BCUT2D eigenvalue weighted by Gasteiger charge is -2.19. The fourth-order valence-corrected chi connectivity index (χ4v) is 4.10. The number of carbonyl (C=O) groups excluding carboxylic acids is 3. The molecule has 0 radical (unpaired) electrons. The Morgan fingerprint density at radius 3 is 1.39 bits per heavy atom. The van der Waals surface area contributed by atoms with E-state index in [4.69, 9.17) is 21.9 Å². The van der Waals surface area contributed by atoms with E-state index in [9.17, 15) is 19.2 Å². The molecule has 0 saturated carbocycles. The number of azide groups is 2. The molecule has 0 fully saturated rings. The number of hydrogen-bond acceptors (Lipinski definition) is 9. The quantitative estimate of drug-likeness (QED) is 0.0559. The zero-order valence-electron chi connectivity index (χ0n) is 30.8. The van der Waals surface area contributed by atoms with Crippen molar-refractivity contribution < 1.29 is 33.8 Å². The molecule has 56 heavy (non-hydrogen) atoms. The van der Waals surface area contributed by atoms with Gasteiger partial charge < -0.3 is 25.6 Å². The highest BCUT2D eigenvalue weighted by Crippen LogP contribution is 2.08. The summed E-state index contributed by atoms with van der Waals surface area (Å²) in [6.45, 7) is 3.06. The highest BCUT2D eigenvalue weighted by molar-refractivity contribution is 5.97. The highest BCUT2D eigenvalue weighted by Gasteiger charge is 2.27. The van der Waals surface area contributed by atoms with Crippen LogP contribution in [-0.4, -0.2) is 67.3 Å². The molecule has 16 heteroatoms. The van der Waals surface area contributed by atoms with Crippen LogP contribution in [0.1, 0.15) is 56.8 Å². The minimum atomic E-state index is -1.07. The first kappa shape index (κ1) is 46.8. The number of carbonyl (C=O) groups is 4. The largest absolute Gasteiger partial charge is 0.478 e. The molecular formula is C40H39ClN8O7. The predicted octanol–water partition coefficient (Wildman–Crippen LogP) is 6.45. The molecule has 2 unspecified atom stereocenters. The number of nitrogens with one attached hydrogen (secondary N) is 1. The van der Waals surface area contributed by atoms with Crippen molar-refractivity contribution in [2.75, 3.05) is 14.2 Å². The van der Waals surface area contributed by atoms with E-state index >= 15 is 0 Å². The van der Waals surface area contributed by atoms with Gasteiger partial charge in [0.2, 0.25) is 0 Å². The second-order valence-corrected chi connectivity index (χ2v) is 11.1. The minimum Gasteiger partial charge on any atom is -0.478 e. The number of ether oxygens (including phenoxy) is 2. The summed E-state index contributed by atoms with van der Waals surface area (Å²) in [5.74, 6) is 9.38. The van der Waals surface area contributed by atoms with E-state index in [0.29, 0.717) is 5.56 Å². The number of aromatic carboxylic acids is 1. The number of amides is 1. The second kappa shape index (κ2) is 25.7. The Balaban J connectivity index is 0.000000462. The van der Waals surface area contributed by atoms with Crippen molar-refractivity contribution in [3.8, 4) is 23.7 Å². The van der Waals surface area contributed by atoms with Crippen LogP contribution in [0.5, 0.6) is 0 Å². The van der Waals surface area contributed by atoms with Gasteiger partial charge in [0.1, 0.15) is 12.1 Å². The van der Waals surface area contributed by atoms with E-state index in [2.05, 4.69) is 58.5 Å². The van der Waals surface area contributed by atoms with Crippen LogP contribution in [0.25, 0.3) is 20.9 Å². The van der Waals surface area contributed by atoms with Crippen LogP contribution in [0.15, 0.2) is 119 Å². The number of carboxylic acid groups (broad SMARTS) is 1. The topological polar surface area (TPSA) is 243 Å². The molecule has 15 nitrogen and oxygen atoms in total. The Bertz CT molecular complexity index is 2120. The second-order valence-electron chi connectivity index (χ2n) is 11.1. The first-order chi connectivity index (χ1) is 26.4. The van der Waals surface area contributed by atoms with Gasteiger partial charge in [-0.15, -0.1) is 12.4 Å². The minimum absolute atomic E-state index is 0. The molecule has 0 spiro atoms. The molecule has 0 bridgehead atoms. The first-order valence-electron chi connectivity index (χ1n) is 16.3. The third kappa shape index (κ3) is 16.6. The molecule has 1 amide bonds. The van der Waals surface area contributed by atoms with E-state index in [0.717, 1.165) is 22.3 Å². The highest BCUT2D eigenvalue weighted by atomic mass is 35.5. The number of rotatable bonds is 9. The lowest BCUT2D eigenvalue weighted by atomic mass is 10.1. The summed E-state index contributed by atoms with van der Waals surface area (Å²) in [6, 6.07) is 29.1. The number of esters is 2. The summed E-state index contributed by atoms with van der Waals surface area (Å²) in [7, 11) is 2.43. The summed E-state index contributed by atoms with van der Waals surface area (Å²) < 4.78 is 8.99. The van der Waals surface area contributed by atoms with Gasteiger partial charge in [-0.25, -0.2) is 9.59 Å². The predicted molar refractivity (Wildman–Crippen MR) is 212 cm³/mol. The fourth-order valence-electron chi connectivity index (χ4n) is 4.10. The first-order valence-corrected chi connectivity index (χ1v) is 16.3. The molecular weight excluding hydrogens is 740 g/mol. The third-order valence-electron chi connectivity index (χ3n) is 7.21. The number of methoxy groups -OCH3 is 2. The van der Waals surface area contributed by atoms with Crippen molar-refractivity contribution in [3.05, 3.63) is 163 Å². The van der Waals surface area contributed by atoms with E-state index in [1.807, 2.05) is 60.7 Å². The summed E-state index contributed by atoms with van der Waals surface area (Å²) in [5.41, 5.74) is 25.9. The smallest absolute Gasteiger partial charge is 0.335 e. The molecule has 288 valence electrons. The SMILES string of the molecule is COC(=O)C(N)[C@@H](C)N=[N+]=[N-].COC(=O)C(NC(=O)c1ccc(C#Cc2ccccc2)cc1)[C@@H](C)N=[N+]=[N-].Cl.O=C(O)c1ccc(C#Cc2ccccc2)cc1. The molecule has 0 aliphatic carbocycles. The van der Waals surface area contributed by atoms with Crippen molar-refractivity contribution >= 4 is 36.2 Å². The maximum atomic E-state index is 12.4. The Labute approximate surface area is 329 Å². The van der Waals surface area contributed by atoms with E-state index in [1.54, 1.807) is 55.5 Å². The summed E-state index contributed by atoms with van der Waals surface area (Å²) in [5, 5.41) is 18.0. The van der Waals surface area contributed by atoms with Crippen LogP contribution in [0, 0.1) is 23.7 Å². The maximum Gasteiger partial charge on any atom is 0.335 e. The number of nitrogens with zero attached hydrogens (tertiary/aromatic N) is 6. The van der Waals surface area contributed by atoms with Gasteiger partial charge in [-0.05, 0) is 83.9 Å². The van der Waals surface area contributed by atoms with Gasteiger partial charge in [-0.1, -0.05) is 84.2 Å². The van der Waals surface area contributed by atoms with Crippen molar-refractivity contribution in [3.63, 3.8) is 0 Å². The van der Waals surface area contributed by atoms with Gasteiger partial charge >= 0.3 is 17.9 Å². The van der Waals surface area contributed by atoms with Crippen LogP contribution in [0.4, 0.5) is 0 Å². The van der Waals surface area contributed by atoms with Gasteiger partial charge in [-0.3, -0.25) is 9.59 Å². The zero-order valence-corrected chi connectivity index (χ0v) is 31.6. The number of benzene rings is 4. The van der Waals surface area contributed by atoms with Crippen molar-refractivity contribution in [2.45, 2.75) is 38.0 Å². The van der Waals surface area contributed by atoms with Crippen LogP contribution >= 0.6 is 12.4 Å². The number of carboxylic acids is 1. The maximum absolute atomic E-state index is 12.4. The average Bonchev–Trinajstić information content (AvgIpc) is 3.22. The standard InChI is InChI=1S/C20H18N4O3.C15H10O2.C5H10N4O2.ClH/c1-14(23-24-21)18(20(26)27-2)22-19(25)17-12-10-16(11-13-17)9-8-15-6-4-3-5-7-15;16-15(17)14-10-8-13(9-11-14)7-6-12-4-2-1-3-5-12;1-3(8-9-7)4(6)5(10)11-2;/h3-7,10-14,18H,1-2H3,(H,22,25);1-5,8-11H,(H,16,17);3-4H,6H2,1-2H3;1H/t14-,18?;;3-,4?;/m1.1./s1. The van der Waals surface area contributed by atoms with Crippen molar-refractivity contribution in [1.29, 1.82) is 0 Å². The Morgan fingerprint density at radius 2 is 1.02 bits per heavy atom. The summed E-state index contributed by atoms with van der Waals surface area (Å²) in [6.07, 6.45) is 0. The molecule has 4 aromatic rings.